The Bertz CT molecular complexity index is 429. The number of amides is 1. The molecule has 1 heterocycles. The molecule has 2 rings (SSSR count). The van der Waals surface area contributed by atoms with Gasteiger partial charge in [-0.05, 0) is 24.0 Å². The van der Waals surface area contributed by atoms with Gasteiger partial charge in [0.15, 0.2) is 0 Å². The fraction of sp³-hybridized carbons (Fsp3) is 0.429. The predicted molar refractivity (Wildman–Crippen MR) is 67.3 cm³/mol. The second-order valence-corrected chi connectivity index (χ2v) is 4.54. The third-order valence-electron chi connectivity index (χ3n) is 3.33. The third kappa shape index (κ3) is 3.09. The molecule has 1 aliphatic rings. The summed E-state index contributed by atoms with van der Waals surface area (Å²) in [5.41, 5.74) is 2.59. The van der Waals surface area contributed by atoms with Gasteiger partial charge in [0.05, 0.1) is 6.42 Å². The van der Waals surface area contributed by atoms with Gasteiger partial charge in [-0.15, -0.1) is 0 Å². The molecular formula is C14H17NO3. The van der Waals surface area contributed by atoms with E-state index < -0.39 is 5.97 Å². The molecule has 0 fully saturated rings. The van der Waals surface area contributed by atoms with Gasteiger partial charge in [0.1, 0.15) is 0 Å². The summed E-state index contributed by atoms with van der Waals surface area (Å²) in [5.74, 6) is -0.966. The van der Waals surface area contributed by atoms with Gasteiger partial charge in [-0.3, -0.25) is 9.59 Å². The maximum absolute atomic E-state index is 11.9. The molecular weight excluding hydrogens is 230 g/mol. The first-order chi connectivity index (χ1) is 8.66. The zero-order valence-electron chi connectivity index (χ0n) is 10.3. The molecule has 0 bridgehead atoms. The molecule has 18 heavy (non-hydrogen) atoms. The maximum atomic E-state index is 11.9. The first kappa shape index (κ1) is 12.6. The smallest absolute Gasteiger partial charge is 0.303 e. The molecule has 1 aliphatic heterocycles. The third-order valence-corrected chi connectivity index (χ3v) is 3.33. The van der Waals surface area contributed by atoms with Crippen LogP contribution in [-0.4, -0.2) is 35.0 Å². The van der Waals surface area contributed by atoms with Crippen LogP contribution in [0, 0.1) is 0 Å². The first-order valence-electron chi connectivity index (χ1n) is 6.23. The van der Waals surface area contributed by atoms with E-state index in [1.165, 1.54) is 11.1 Å². The molecule has 96 valence electrons. The van der Waals surface area contributed by atoms with E-state index in [2.05, 4.69) is 12.1 Å². The first-order valence-corrected chi connectivity index (χ1v) is 6.23. The number of nitrogens with zero attached hydrogens (tertiary/aromatic N) is 1. The van der Waals surface area contributed by atoms with Crippen molar-refractivity contribution < 1.29 is 14.7 Å². The highest BCUT2D eigenvalue weighted by Crippen LogP contribution is 2.16. The molecule has 0 unspecified atom stereocenters. The van der Waals surface area contributed by atoms with E-state index in [1.54, 1.807) is 4.90 Å². The van der Waals surface area contributed by atoms with Gasteiger partial charge in [0, 0.05) is 19.5 Å². The van der Waals surface area contributed by atoms with Crippen molar-refractivity contribution >= 4 is 11.9 Å². The van der Waals surface area contributed by atoms with Crippen LogP contribution in [0.3, 0.4) is 0 Å². The molecule has 0 radical (unpaired) electrons. The molecule has 0 saturated carbocycles. The van der Waals surface area contributed by atoms with Gasteiger partial charge < -0.3 is 10.0 Å². The van der Waals surface area contributed by atoms with Crippen LogP contribution in [-0.2, 0) is 22.4 Å². The molecule has 4 nitrogen and oxygen atoms in total. The number of carboxylic acids is 1. The van der Waals surface area contributed by atoms with Crippen molar-refractivity contribution in [2.24, 2.45) is 0 Å². The largest absolute Gasteiger partial charge is 0.481 e. The van der Waals surface area contributed by atoms with Gasteiger partial charge in [-0.1, -0.05) is 24.3 Å². The number of rotatable bonds is 3. The molecule has 4 heteroatoms. The molecule has 1 N–H and O–H groups in total. The quantitative estimate of drug-likeness (QED) is 0.880. The van der Waals surface area contributed by atoms with Crippen molar-refractivity contribution in [3.05, 3.63) is 35.4 Å². The van der Waals surface area contributed by atoms with E-state index in [0.717, 1.165) is 12.8 Å². The summed E-state index contributed by atoms with van der Waals surface area (Å²) in [5, 5.41) is 8.59. The van der Waals surface area contributed by atoms with Crippen molar-refractivity contribution in [1.29, 1.82) is 0 Å². The number of carbonyl (C=O) groups excluding carboxylic acids is 1. The summed E-state index contributed by atoms with van der Waals surface area (Å²) < 4.78 is 0. The fourth-order valence-corrected chi connectivity index (χ4v) is 2.29. The Balaban J connectivity index is 1.95. The Hall–Kier alpha value is -1.84. The predicted octanol–water partition coefficient (Wildman–Crippen LogP) is 1.48. The number of carboxylic acid groups (broad SMARTS) is 1. The summed E-state index contributed by atoms with van der Waals surface area (Å²) in [4.78, 5) is 24.1. The van der Waals surface area contributed by atoms with Crippen molar-refractivity contribution in [3.8, 4) is 0 Å². The van der Waals surface area contributed by atoms with Gasteiger partial charge in [0.2, 0.25) is 5.91 Å². The normalized spacial score (nSPS) is 14.8. The Labute approximate surface area is 106 Å². The second kappa shape index (κ2) is 5.67. The minimum absolute atomic E-state index is 0.0507. The molecule has 0 aliphatic carbocycles. The number of carbonyl (C=O) groups is 2. The standard InChI is InChI=1S/C14H17NO3/c16-13(5-6-14(17)18)15-9-7-11-3-1-2-4-12(11)8-10-15/h1-4H,5-10H2,(H,17,18). The molecule has 0 saturated heterocycles. The zero-order chi connectivity index (χ0) is 13.0. The Morgan fingerprint density at radius 2 is 1.61 bits per heavy atom. The lowest BCUT2D eigenvalue weighted by atomic mass is 10.0. The van der Waals surface area contributed by atoms with Crippen molar-refractivity contribution in [2.75, 3.05) is 13.1 Å². The van der Waals surface area contributed by atoms with Crippen LogP contribution in [0.15, 0.2) is 24.3 Å². The molecule has 1 aromatic rings. The summed E-state index contributed by atoms with van der Waals surface area (Å²) in [6, 6.07) is 8.22. The lowest BCUT2D eigenvalue weighted by Crippen LogP contribution is -2.33. The average Bonchev–Trinajstić information content (AvgIpc) is 2.58. The van der Waals surface area contributed by atoms with Crippen molar-refractivity contribution in [2.45, 2.75) is 25.7 Å². The average molecular weight is 247 g/mol. The second-order valence-electron chi connectivity index (χ2n) is 4.54. The van der Waals surface area contributed by atoms with Crippen LogP contribution in [0.25, 0.3) is 0 Å². The van der Waals surface area contributed by atoms with Crippen molar-refractivity contribution in [1.82, 2.24) is 4.90 Å². The summed E-state index contributed by atoms with van der Waals surface area (Å²) in [6.45, 7) is 1.38. The number of hydrogen-bond acceptors (Lipinski definition) is 2. The number of aliphatic carboxylic acids is 1. The minimum atomic E-state index is -0.915. The summed E-state index contributed by atoms with van der Waals surface area (Å²) in [6.07, 6.45) is 1.73. The summed E-state index contributed by atoms with van der Waals surface area (Å²) in [7, 11) is 0. The van der Waals surface area contributed by atoms with Gasteiger partial charge in [-0.25, -0.2) is 0 Å². The topological polar surface area (TPSA) is 57.6 Å². The lowest BCUT2D eigenvalue weighted by Gasteiger charge is -2.19. The molecule has 0 aromatic heterocycles. The SMILES string of the molecule is O=C(O)CCC(=O)N1CCc2ccccc2CC1. The van der Waals surface area contributed by atoms with Crippen LogP contribution in [0.2, 0.25) is 0 Å². The van der Waals surface area contributed by atoms with E-state index in [0.29, 0.717) is 13.1 Å². The van der Waals surface area contributed by atoms with Gasteiger partial charge in [-0.2, -0.15) is 0 Å². The van der Waals surface area contributed by atoms with Gasteiger partial charge in [0.25, 0.3) is 0 Å². The van der Waals surface area contributed by atoms with Crippen LogP contribution in [0.1, 0.15) is 24.0 Å². The van der Waals surface area contributed by atoms with E-state index in [1.807, 2.05) is 12.1 Å². The highest BCUT2D eigenvalue weighted by atomic mass is 16.4. The van der Waals surface area contributed by atoms with Crippen LogP contribution < -0.4 is 0 Å². The van der Waals surface area contributed by atoms with E-state index in [4.69, 9.17) is 5.11 Å². The van der Waals surface area contributed by atoms with Gasteiger partial charge >= 0.3 is 5.97 Å². The van der Waals surface area contributed by atoms with Crippen molar-refractivity contribution in [3.63, 3.8) is 0 Å². The molecule has 1 aromatic carbocycles. The van der Waals surface area contributed by atoms with Crippen LogP contribution in [0.5, 0.6) is 0 Å². The number of benzene rings is 1. The molecule has 1 amide bonds. The zero-order valence-corrected chi connectivity index (χ0v) is 10.3. The summed E-state index contributed by atoms with van der Waals surface area (Å²) >= 11 is 0. The van der Waals surface area contributed by atoms with E-state index in [9.17, 15) is 9.59 Å². The highest BCUT2D eigenvalue weighted by Gasteiger charge is 2.18. The Morgan fingerprint density at radius 3 is 2.11 bits per heavy atom. The van der Waals surface area contributed by atoms with Crippen LogP contribution >= 0.6 is 0 Å². The Kier molecular flexibility index (Phi) is 3.97. The number of fused-ring (bicyclic) bond motifs is 1. The van der Waals surface area contributed by atoms with E-state index in [-0.39, 0.29) is 18.7 Å². The monoisotopic (exact) mass is 247 g/mol. The fourth-order valence-electron chi connectivity index (χ4n) is 2.29. The van der Waals surface area contributed by atoms with Crippen LogP contribution in [0.4, 0.5) is 0 Å². The molecule has 0 atom stereocenters. The minimum Gasteiger partial charge on any atom is -0.481 e. The maximum Gasteiger partial charge on any atom is 0.303 e. The van der Waals surface area contributed by atoms with E-state index >= 15 is 0 Å². The number of hydrogen-bond donors (Lipinski definition) is 1. The molecule has 0 spiro atoms. The lowest BCUT2D eigenvalue weighted by molar-refractivity contribution is -0.140. The Morgan fingerprint density at radius 1 is 1.06 bits per heavy atom. The highest BCUT2D eigenvalue weighted by molar-refractivity contribution is 5.80.